The largest absolute Gasteiger partial charge is 0.383 e. The van der Waals surface area contributed by atoms with E-state index in [-0.39, 0.29) is 5.91 Å². The number of nitrogens with one attached hydrogen (secondary N) is 1. The lowest BCUT2D eigenvalue weighted by molar-refractivity contribution is 0.0951. The zero-order valence-corrected chi connectivity index (χ0v) is 13.8. The van der Waals surface area contributed by atoms with Crippen molar-refractivity contribution in [3.05, 3.63) is 78.4 Å². The number of carbonyl (C=O) groups excluding carboxylic acids is 1. The van der Waals surface area contributed by atoms with Crippen LogP contribution < -0.4 is 11.1 Å². The van der Waals surface area contributed by atoms with Crippen LogP contribution >= 0.6 is 0 Å². The molecule has 4 rings (SSSR count). The van der Waals surface area contributed by atoms with E-state index < -0.39 is 0 Å². The number of amides is 1. The summed E-state index contributed by atoms with van der Waals surface area (Å²) in [6.45, 7) is 0.301. The highest BCUT2D eigenvalue weighted by Gasteiger charge is 2.12. The highest BCUT2D eigenvalue weighted by molar-refractivity contribution is 5.96. The van der Waals surface area contributed by atoms with Crippen LogP contribution in [0.4, 0.5) is 5.82 Å². The average Bonchev–Trinajstić information content (AvgIpc) is 3.11. The Balaban J connectivity index is 1.56. The van der Waals surface area contributed by atoms with Gasteiger partial charge < -0.3 is 11.1 Å². The molecule has 3 N–H and O–H groups in total. The molecule has 0 bridgehead atoms. The fraction of sp³-hybridized carbons (Fsp3) is 0.0526. The van der Waals surface area contributed by atoms with Crippen molar-refractivity contribution in [1.82, 2.24) is 24.8 Å². The topological polar surface area (TPSA) is 98.7 Å². The summed E-state index contributed by atoms with van der Waals surface area (Å²) in [4.78, 5) is 25.2. The van der Waals surface area contributed by atoms with Gasteiger partial charge in [-0.25, -0.2) is 15.0 Å². The minimum Gasteiger partial charge on any atom is -0.383 e. The number of nitrogens with zero attached hydrogens (tertiary/aromatic N) is 4. The first-order chi connectivity index (χ1) is 12.7. The number of benzene rings is 1. The van der Waals surface area contributed by atoms with E-state index in [1.54, 1.807) is 30.9 Å². The van der Waals surface area contributed by atoms with Gasteiger partial charge in [0, 0.05) is 30.2 Å². The number of carbonyl (C=O) groups is 1. The maximum atomic E-state index is 12.4. The van der Waals surface area contributed by atoms with Crippen LogP contribution in [0.15, 0.2) is 67.3 Å². The molecule has 0 fully saturated rings. The number of fused-ring (bicyclic) bond motifs is 1. The maximum Gasteiger partial charge on any atom is 0.253 e. The molecule has 3 heterocycles. The molecule has 1 aromatic carbocycles. The van der Waals surface area contributed by atoms with Crippen LogP contribution in [0.1, 0.15) is 15.9 Å². The smallest absolute Gasteiger partial charge is 0.253 e. The van der Waals surface area contributed by atoms with Crippen LogP contribution in [0.5, 0.6) is 0 Å². The lowest BCUT2D eigenvalue weighted by Gasteiger charge is -2.07. The maximum absolute atomic E-state index is 12.4. The molecule has 0 aliphatic carbocycles. The van der Waals surface area contributed by atoms with E-state index in [0.717, 1.165) is 11.3 Å². The molecule has 7 heteroatoms. The van der Waals surface area contributed by atoms with Gasteiger partial charge in [-0.05, 0) is 24.3 Å². The number of aromatic nitrogens is 4. The van der Waals surface area contributed by atoms with Crippen molar-refractivity contribution in [3.63, 3.8) is 0 Å². The standard InChI is InChI=1S/C19H16N6O/c20-17-13(5-4-8-21-17)10-23-19(26)14-9-16-18(22-11-14)25(12-24-16)15-6-2-1-3-7-15/h1-9,11-12H,10H2,(H2,20,21)(H,23,26). The first kappa shape index (κ1) is 15.8. The summed E-state index contributed by atoms with van der Waals surface area (Å²) in [7, 11) is 0. The van der Waals surface area contributed by atoms with Crippen molar-refractivity contribution in [2.24, 2.45) is 0 Å². The Morgan fingerprint density at radius 2 is 1.92 bits per heavy atom. The van der Waals surface area contributed by atoms with Crippen molar-refractivity contribution in [1.29, 1.82) is 0 Å². The molecule has 4 aromatic rings. The van der Waals surface area contributed by atoms with Gasteiger partial charge in [0.15, 0.2) is 5.65 Å². The molecule has 0 atom stereocenters. The zero-order chi connectivity index (χ0) is 17.9. The Morgan fingerprint density at radius 3 is 2.73 bits per heavy atom. The minimum atomic E-state index is -0.239. The predicted octanol–water partition coefficient (Wildman–Crippen LogP) is 2.33. The first-order valence-electron chi connectivity index (χ1n) is 8.08. The number of hydrogen-bond acceptors (Lipinski definition) is 5. The van der Waals surface area contributed by atoms with Crippen molar-refractivity contribution >= 4 is 22.9 Å². The zero-order valence-electron chi connectivity index (χ0n) is 13.8. The number of pyridine rings is 2. The molecule has 0 aliphatic rings. The van der Waals surface area contributed by atoms with E-state index >= 15 is 0 Å². The number of nitrogens with two attached hydrogens (primary N) is 1. The monoisotopic (exact) mass is 344 g/mol. The van der Waals surface area contributed by atoms with Crippen LogP contribution in [-0.2, 0) is 6.54 Å². The molecule has 0 unspecified atom stereocenters. The van der Waals surface area contributed by atoms with Crippen LogP contribution in [0.2, 0.25) is 0 Å². The Kier molecular flexibility index (Phi) is 4.03. The predicted molar refractivity (Wildman–Crippen MR) is 98.7 cm³/mol. The molecule has 0 aliphatic heterocycles. The number of para-hydroxylation sites is 1. The van der Waals surface area contributed by atoms with E-state index in [1.807, 2.05) is 41.0 Å². The molecule has 0 spiro atoms. The lowest BCUT2D eigenvalue weighted by Crippen LogP contribution is -2.23. The summed E-state index contributed by atoms with van der Waals surface area (Å²) < 4.78 is 1.88. The van der Waals surface area contributed by atoms with Gasteiger partial charge in [-0.1, -0.05) is 24.3 Å². The van der Waals surface area contributed by atoms with Gasteiger partial charge in [0.1, 0.15) is 17.7 Å². The molecule has 128 valence electrons. The average molecular weight is 344 g/mol. The first-order valence-corrected chi connectivity index (χ1v) is 8.08. The Hall–Kier alpha value is -3.74. The van der Waals surface area contributed by atoms with Gasteiger partial charge in [0.25, 0.3) is 5.91 Å². The SMILES string of the molecule is Nc1ncccc1CNC(=O)c1cnc2c(c1)ncn2-c1ccccc1. The quantitative estimate of drug-likeness (QED) is 0.592. The van der Waals surface area contributed by atoms with Crippen molar-refractivity contribution in [3.8, 4) is 5.69 Å². The van der Waals surface area contributed by atoms with Crippen molar-refractivity contribution < 1.29 is 4.79 Å². The molecule has 1 amide bonds. The third kappa shape index (κ3) is 2.98. The van der Waals surface area contributed by atoms with Gasteiger partial charge in [-0.3, -0.25) is 9.36 Å². The third-order valence-electron chi connectivity index (χ3n) is 4.05. The molecule has 0 saturated carbocycles. The molecule has 26 heavy (non-hydrogen) atoms. The number of nitrogen functional groups attached to an aromatic ring is 1. The summed E-state index contributed by atoms with van der Waals surface area (Å²) in [5.41, 5.74) is 9.32. The minimum absolute atomic E-state index is 0.239. The lowest BCUT2D eigenvalue weighted by atomic mass is 10.2. The second-order valence-corrected chi connectivity index (χ2v) is 5.75. The summed E-state index contributed by atoms with van der Waals surface area (Å²) in [6, 6.07) is 15.1. The van der Waals surface area contributed by atoms with E-state index in [0.29, 0.717) is 29.1 Å². The van der Waals surface area contributed by atoms with Gasteiger partial charge >= 0.3 is 0 Å². The van der Waals surface area contributed by atoms with Crippen LogP contribution in [-0.4, -0.2) is 25.4 Å². The van der Waals surface area contributed by atoms with E-state index in [9.17, 15) is 4.79 Å². The van der Waals surface area contributed by atoms with Crippen molar-refractivity contribution in [2.75, 3.05) is 5.73 Å². The van der Waals surface area contributed by atoms with Gasteiger partial charge in [-0.2, -0.15) is 0 Å². The van der Waals surface area contributed by atoms with Gasteiger partial charge in [-0.15, -0.1) is 0 Å². The highest BCUT2D eigenvalue weighted by Crippen LogP contribution is 2.17. The molecular formula is C19H16N6O. The normalized spacial score (nSPS) is 10.8. The van der Waals surface area contributed by atoms with Crippen LogP contribution in [0, 0.1) is 0 Å². The number of imidazole rings is 1. The molecule has 0 radical (unpaired) electrons. The number of hydrogen-bond donors (Lipinski definition) is 2. The number of rotatable bonds is 4. The molecule has 0 saturated heterocycles. The van der Waals surface area contributed by atoms with Crippen LogP contribution in [0.25, 0.3) is 16.9 Å². The second-order valence-electron chi connectivity index (χ2n) is 5.75. The summed E-state index contributed by atoms with van der Waals surface area (Å²) in [5.74, 6) is 0.167. The van der Waals surface area contributed by atoms with Crippen LogP contribution in [0.3, 0.4) is 0 Å². The van der Waals surface area contributed by atoms with Gasteiger partial charge in [0.05, 0.1) is 5.56 Å². The molecule has 7 nitrogen and oxygen atoms in total. The molecule has 3 aromatic heterocycles. The van der Waals surface area contributed by atoms with Crippen molar-refractivity contribution in [2.45, 2.75) is 6.54 Å². The fourth-order valence-corrected chi connectivity index (χ4v) is 2.68. The second kappa shape index (κ2) is 6.64. The Labute approximate surface area is 149 Å². The van der Waals surface area contributed by atoms with E-state index in [2.05, 4.69) is 20.3 Å². The van der Waals surface area contributed by atoms with E-state index in [4.69, 9.17) is 5.73 Å². The Morgan fingerprint density at radius 1 is 1.08 bits per heavy atom. The molecular weight excluding hydrogens is 328 g/mol. The third-order valence-corrected chi connectivity index (χ3v) is 4.05. The Bertz CT molecular complexity index is 1070. The summed E-state index contributed by atoms with van der Waals surface area (Å²) in [6.07, 6.45) is 4.86. The van der Waals surface area contributed by atoms with Gasteiger partial charge in [0.2, 0.25) is 0 Å². The highest BCUT2D eigenvalue weighted by atomic mass is 16.1. The summed E-state index contributed by atoms with van der Waals surface area (Å²) in [5, 5.41) is 2.83. The van der Waals surface area contributed by atoms with E-state index in [1.165, 1.54) is 0 Å². The fourth-order valence-electron chi connectivity index (χ4n) is 2.68. The summed E-state index contributed by atoms with van der Waals surface area (Å²) >= 11 is 0. The number of anilines is 1.